The first-order chi connectivity index (χ1) is 8.69. The maximum absolute atomic E-state index is 11.4. The van der Waals surface area contributed by atoms with Gasteiger partial charge in [0.2, 0.25) is 0 Å². The maximum atomic E-state index is 11.4. The molecule has 1 nitrogen and oxygen atoms in total. The van der Waals surface area contributed by atoms with Crippen LogP contribution in [0.3, 0.4) is 0 Å². The Bertz CT molecular complexity index is 413. The topological polar surface area (TPSA) is 17.1 Å². The summed E-state index contributed by atoms with van der Waals surface area (Å²) in [5.41, 5.74) is 0.836. The molecular weight excluding hydrogens is 240 g/mol. The average molecular weight is 262 g/mol. The minimum absolute atomic E-state index is 0.160. The van der Waals surface area contributed by atoms with Crippen LogP contribution in [0.2, 0.25) is 0 Å². The second kappa shape index (κ2) is 6.42. The molecule has 0 aliphatic heterocycles. The van der Waals surface area contributed by atoms with E-state index in [-0.39, 0.29) is 5.78 Å². The number of thioether (sulfide) groups is 1. The molecule has 1 aliphatic carbocycles. The molecule has 2 heteroatoms. The molecule has 0 N–H and O–H groups in total. The summed E-state index contributed by atoms with van der Waals surface area (Å²) in [6.45, 7) is 3.94. The number of benzene rings is 1. The van der Waals surface area contributed by atoms with Gasteiger partial charge < -0.3 is 0 Å². The van der Waals surface area contributed by atoms with Crippen LogP contribution in [0.4, 0.5) is 0 Å². The lowest BCUT2D eigenvalue weighted by molar-refractivity contribution is 0.101. The van der Waals surface area contributed by atoms with Crippen molar-refractivity contribution in [2.24, 2.45) is 5.92 Å². The Morgan fingerprint density at radius 2 is 2.22 bits per heavy atom. The number of carbonyl (C=O) groups excluding carboxylic acids is 1. The molecule has 0 spiro atoms. The van der Waals surface area contributed by atoms with Crippen LogP contribution >= 0.6 is 11.8 Å². The van der Waals surface area contributed by atoms with E-state index in [1.54, 1.807) is 6.92 Å². The summed E-state index contributed by atoms with van der Waals surface area (Å²) in [6, 6.07) is 8.08. The third kappa shape index (κ3) is 3.61. The Hall–Kier alpha value is -0.760. The van der Waals surface area contributed by atoms with Gasteiger partial charge in [0, 0.05) is 15.7 Å². The first-order valence-electron chi connectivity index (χ1n) is 6.96. The maximum Gasteiger partial charge on any atom is 0.159 e. The van der Waals surface area contributed by atoms with E-state index in [4.69, 9.17) is 0 Å². The van der Waals surface area contributed by atoms with Crippen LogP contribution in [0.25, 0.3) is 0 Å². The second-order valence-corrected chi connectivity index (χ2v) is 6.64. The van der Waals surface area contributed by atoms with Gasteiger partial charge >= 0.3 is 0 Å². The van der Waals surface area contributed by atoms with Gasteiger partial charge in [0.25, 0.3) is 0 Å². The largest absolute Gasteiger partial charge is 0.295 e. The first-order valence-corrected chi connectivity index (χ1v) is 7.84. The number of ketones is 1. The molecule has 0 heterocycles. The zero-order valence-electron chi connectivity index (χ0n) is 11.3. The molecule has 2 rings (SSSR count). The van der Waals surface area contributed by atoms with Crippen LogP contribution in [0.15, 0.2) is 29.2 Å². The van der Waals surface area contributed by atoms with Gasteiger partial charge in [-0.1, -0.05) is 38.3 Å². The van der Waals surface area contributed by atoms with E-state index in [0.717, 1.165) is 16.7 Å². The molecule has 18 heavy (non-hydrogen) atoms. The van der Waals surface area contributed by atoms with E-state index in [2.05, 4.69) is 13.0 Å². The van der Waals surface area contributed by atoms with Crippen molar-refractivity contribution < 1.29 is 4.79 Å². The van der Waals surface area contributed by atoms with E-state index in [9.17, 15) is 4.79 Å². The van der Waals surface area contributed by atoms with Crippen LogP contribution < -0.4 is 0 Å². The SMILES string of the molecule is CCC1CCCC(Sc2cccc(C(C)=O)c2)C1. The van der Waals surface area contributed by atoms with Crippen molar-refractivity contribution in [3.63, 3.8) is 0 Å². The predicted octanol–water partition coefficient (Wildman–Crippen LogP) is 4.95. The van der Waals surface area contributed by atoms with Crippen LogP contribution in [0, 0.1) is 5.92 Å². The average Bonchev–Trinajstić information content (AvgIpc) is 2.39. The summed E-state index contributed by atoms with van der Waals surface area (Å²) in [5, 5.41) is 0.742. The van der Waals surface area contributed by atoms with Gasteiger partial charge in [-0.25, -0.2) is 0 Å². The van der Waals surface area contributed by atoms with Gasteiger partial charge in [0.15, 0.2) is 5.78 Å². The van der Waals surface area contributed by atoms with Crippen molar-refractivity contribution in [1.82, 2.24) is 0 Å². The summed E-state index contributed by atoms with van der Waals surface area (Å²) >= 11 is 1.96. The molecule has 1 aromatic carbocycles. The minimum Gasteiger partial charge on any atom is -0.295 e. The molecule has 1 aliphatic rings. The van der Waals surface area contributed by atoms with Crippen molar-refractivity contribution in [2.75, 3.05) is 0 Å². The highest BCUT2D eigenvalue weighted by Crippen LogP contribution is 2.37. The van der Waals surface area contributed by atoms with Gasteiger partial charge in [-0.2, -0.15) is 0 Å². The summed E-state index contributed by atoms with van der Waals surface area (Å²) in [7, 11) is 0. The molecule has 0 amide bonds. The molecule has 0 bridgehead atoms. The smallest absolute Gasteiger partial charge is 0.159 e. The lowest BCUT2D eigenvalue weighted by Gasteiger charge is -2.28. The summed E-state index contributed by atoms with van der Waals surface area (Å²) in [6.07, 6.45) is 6.74. The van der Waals surface area contributed by atoms with Gasteiger partial charge in [-0.15, -0.1) is 11.8 Å². The van der Waals surface area contributed by atoms with Crippen molar-refractivity contribution in [3.05, 3.63) is 29.8 Å². The van der Waals surface area contributed by atoms with Crippen molar-refractivity contribution in [1.29, 1.82) is 0 Å². The highest BCUT2D eigenvalue weighted by molar-refractivity contribution is 8.00. The Morgan fingerprint density at radius 1 is 1.39 bits per heavy atom. The van der Waals surface area contributed by atoms with E-state index in [1.165, 1.54) is 37.0 Å². The van der Waals surface area contributed by atoms with E-state index >= 15 is 0 Å². The van der Waals surface area contributed by atoms with E-state index in [0.29, 0.717) is 0 Å². The Labute approximate surface area is 114 Å². The van der Waals surface area contributed by atoms with Gasteiger partial charge in [-0.05, 0) is 37.8 Å². The zero-order valence-corrected chi connectivity index (χ0v) is 12.1. The van der Waals surface area contributed by atoms with Crippen LogP contribution in [-0.4, -0.2) is 11.0 Å². The van der Waals surface area contributed by atoms with Crippen molar-refractivity contribution in [2.45, 2.75) is 56.1 Å². The monoisotopic (exact) mass is 262 g/mol. The molecule has 1 aromatic rings. The lowest BCUT2D eigenvalue weighted by atomic mass is 9.87. The Morgan fingerprint density at radius 3 is 2.94 bits per heavy atom. The van der Waals surface area contributed by atoms with Crippen LogP contribution in [0.5, 0.6) is 0 Å². The molecule has 0 radical (unpaired) electrons. The number of hydrogen-bond donors (Lipinski definition) is 0. The number of hydrogen-bond acceptors (Lipinski definition) is 2. The van der Waals surface area contributed by atoms with Gasteiger partial charge in [0.1, 0.15) is 0 Å². The molecule has 1 saturated carbocycles. The highest BCUT2D eigenvalue weighted by atomic mass is 32.2. The lowest BCUT2D eigenvalue weighted by Crippen LogP contribution is -2.16. The second-order valence-electron chi connectivity index (χ2n) is 5.26. The summed E-state index contributed by atoms with van der Waals surface area (Å²) in [4.78, 5) is 12.6. The highest BCUT2D eigenvalue weighted by Gasteiger charge is 2.21. The zero-order chi connectivity index (χ0) is 13.0. The fraction of sp³-hybridized carbons (Fsp3) is 0.562. The summed E-state index contributed by atoms with van der Waals surface area (Å²) in [5.74, 6) is 1.07. The first kappa shape index (κ1) is 13.7. The third-order valence-corrected chi connectivity index (χ3v) is 5.14. The Balaban J connectivity index is 2.00. The number of rotatable bonds is 4. The van der Waals surface area contributed by atoms with E-state index in [1.807, 2.05) is 30.0 Å². The van der Waals surface area contributed by atoms with Gasteiger partial charge in [0.05, 0.1) is 0 Å². The predicted molar refractivity (Wildman–Crippen MR) is 78.3 cm³/mol. The number of carbonyl (C=O) groups is 1. The molecule has 98 valence electrons. The molecular formula is C16H22OS. The molecule has 0 aromatic heterocycles. The van der Waals surface area contributed by atoms with Crippen LogP contribution in [0.1, 0.15) is 56.3 Å². The molecule has 2 unspecified atom stereocenters. The summed E-state index contributed by atoms with van der Waals surface area (Å²) < 4.78 is 0. The third-order valence-electron chi connectivity index (χ3n) is 3.86. The van der Waals surface area contributed by atoms with E-state index < -0.39 is 0 Å². The van der Waals surface area contributed by atoms with Crippen LogP contribution in [-0.2, 0) is 0 Å². The fourth-order valence-electron chi connectivity index (χ4n) is 2.70. The quantitative estimate of drug-likeness (QED) is 0.714. The standard InChI is InChI=1S/C16H22OS/c1-3-13-6-4-8-15(10-13)18-16-9-5-7-14(11-16)12(2)17/h5,7,9,11,13,15H,3-4,6,8,10H2,1-2H3. The molecule has 1 fully saturated rings. The molecule has 2 atom stereocenters. The number of Topliss-reactive ketones (excluding diaryl/α,β-unsaturated/α-hetero) is 1. The fourth-order valence-corrected chi connectivity index (χ4v) is 4.09. The minimum atomic E-state index is 0.160. The van der Waals surface area contributed by atoms with Gasteiger partial charge in [-0.3, -0.25) is 4.79 Å². The van der Waals surface area contributed by atoms with Crippen molar-refractivity contribution in [3.8, 4) is 0 Å². The normalized spacial score (nSPS) is 23.9. The Kier molecular flexibility index (Phi) is 4.87. The molecule has 0 saturated heterocycles. The van der Waals surface area contributed by atoms with Crippen molar-refractivity contribution >= 4 is 17.5 Å².